The van der Waals surface area contributed by atoms with Gasteiger partial charge in [-0.2, -0.15) is 0 Å². The van der Waals surface area contributed by atoms with Crippen molar-refractivity contribution in [2.45, 2.75) is 0 Å². The van der Waals surface area contributed by atoms with Crippen molar-refractivity contribution in [3.05, 3.63) is 35.9 Å². The van der Waals surface area contributed by atoms with E-state index in [1.165, 1.54) is 4.90 Å². The molecule has 0 bridgehead atoms. The van der Waals surface area contributed by atoms with E-state index in [-0.39, 0.29) is 12.5 Å². The van der Waals surface area contributed by atoms with E-state index in [1.54, 1.807) is 7.05 Å². The molecule has 1 aromatic rings. The molecular weight excluding hydrogens is 186 g/mol. The summed E-state index contributed by atoms with van der Waals surface area (Å²) in [6, 6.07) is 9.35. The quantitative estimate of drug-likeness (QED) is 0.618. The summed E-state index contributed by atoms with van der Waals surface area (Å²) in [5.74, 6) is 7.42. The summed E-state index contributed by atoms with van der Waals surface area (Å²) in [5.41, 5.74) is 0.819. The van der Waals surface area contributed by atoms with Gasteiger partial charge in [0.25, 0.3) is 5.91 Å². The third-order valence-corrected chi connectivity index (χ3v) is 1.76. The minimum absolute atomic E-state index is 0.267. The standard InChI is InChI=1S/C13H11NO/c1-3-11-14(2)13(15)10-9-12-7-5-4-6-8-12/h1,4-8H,11H2,2H3. The van der Waals surface area contributed by atoms with Crippen LogP contribution in [-0.4, -0.2) is 24.4 Å². The highest BCUT2D eigenvalue weighted by atomic mass is 16.2. The SMILES string of the molecule is C#CCN(C)C(=O)C#Cc1ccccc1. The number of nitrogens with zero attached hydrogens (tertiary/aromatic N) is 1. The minimum Gasteiger partial charge on any atom is -0.324 e. The maximum absolute atomic E-state index is 11.4. The van der Waals surface area contributed by atoms with Crippen LogP contribution in [0.2, 0.25) is 0 Å². The molecule has 0 atom stereocenters. The summed E-state index contributed by atoms with van der Waals surface area (Å²) >= 11 is 0. The van der Waals surface area contributed by atoms with Crippen LogP contribution in [0.5, 0.6) is 0 Å². The van der Waals surface area contributed by atoms with Gasteiger partial charge in [0.2, 0.25) is 0 Å². The van der Waals surface area contributed by atoms with E-state index in [9.17, 15) is 4.79 Å². The largest absolute Gasteiger partial charge is 0.324 e. The smallest absolute Gasteiger partial charge is 0.299 e. The first-order valence-corrected chi connectivity index (χ1v) is 4.49. The summed E-state index contributed by atoms with van der Waals surface area (Å²) in [6.45, 7) is 0.280. The van der Waals surface area contributed by atoms with Crippen molar-refractivity contribution < 1.29 is 4.79 Å². The van der Waals surface area contributed by atoms with Crippen LogP contribution < -0.4 is 0 Å². The Bertz CT molecular complexity index is 431. The number of carbonyl (C=O) groups excluding carboxylic acids is 1. The van der Waals surface area contributed by atoms with Crippen LogP contribution in [0.4, 0.5) is 0 Å². The maximum atomic E-state index is 11.4. The van der Waals surface area contributed by atoms with Crippen molar-refractivity contribution >= 4 is 5.91 Å². The number of amides is 1. The predicted octanol–water partition coefficient (Wildman–Crippen LogP) is 1.13. The lowest BCUT2D eigenvalue weighted by molar-refractivity contribution is -0.123. The Hall–Kier alpha value is -2.19. The predicted molar refractivity (Wildman–Crippen MR) is 59.8 cm³/mol. The average molecular weight is 197 g/mol. The number of terminal acetylenes is 1. The first-order valence-electron chi connectivity index (χ1n) is 4.49. The van der Waals surface area contributed by atoms with Crippen molar-refractivity contribution in [3.8, 4) is 24.2 Å². The fourth-order valence-corrected chi connectivity index (χ4v) is 0.951. The van der Waals surface area contributed by atoms with E-state index in [2.05, 4.69) is 17.8 Å². The molecule has 15 heavy (non-hydrogen) atoms. The first kappa shape index (κ1) is 10.9. The molecule has 0 heterocycles. The van der Waals surface area contributed by atoms with Gasteiger partial charge < -0.3 is 4.90 Å². The maximum Gasteiger partial charge on any atom is 0.299 e. The van der Waals surface area contributed by atoms with Gasteiger partial charge in [0.15, 0.2) is 0 Å². The molecule has 0 N–H and O–H groups in total. The summed E-state index contributed by atoms with van der Waals surface area (Å²) < 4.78 is 0. The van der Waals surface area contributed by atoms with Gasteiger partial charge in [-0.25, -0.2) is 0 Å². The van der Waals surface area contributed by atoms with Crippen molar-refractivity contribution in [2.75, 3.05) is 13.6 Å². The van der Waals surface area contributed by atoms with Crippen LogP contribution in [0, 0.1) is 24.2 Å². The molecule has 0 saturated heterocycles. The van der Waals surface area contributed by atoms with Crippen LogP contribution in [0.1, 0.15) is 5.56 Å². The molecule has 74 valence electrons. The highest BCUT2D eigenvalue weighted by Gasteiger charge is 2.01. The number of hydrogen-bond donors (Lipinski definition) is 0. The Kier molecular flexibility index (Phi) is 4.01. The monoisotopic (exact) mass is 197 g/mol. The Morgan fingerprint density at radius 3 is 2.67 bits per heavy atom. The zero-order valence-corrected chi connectivity index (χ0v) is 8.53. The van der Waals surface area contributed by atoms with Gasteiger partial charge in [0.05, 0.1) is 6.54 Å². The van der Waals surface area contributed by atoms with Crippen molar-refractivity contribution in [3.63, 3.8) is 0 Å². The molecule has 0 aliphatic carbocycles. The lowest BCUT2D eigenvalue weighted by Crippen LogP contribution is -2.25. The average Bonchev–Trinajstić information content (AvgIpc) is 2.27. The van der Waals surface area contributed by atoms with Gasteiger partial charge in [-0.3, -0.25) is 4.79 Å². The van der Waals surface area contributed by atoms with E-state index < -0.39 is 0 Å². The molecule has 1 rings (SSSR count). The second kappa shape index (κ2) is 5.52. The molecule has 2 heteroatoms. The molecule has 0 spiro atoms. The topological polar surface area (TPSA) is 20.3 Å². The van der Waals surface area contributed by atoms with Gasteiger partial charge in [-0.1, -0.05) is 30.0 Å². The number of hydrogen-bond acceptors (Lipinski definition) is 1. The van der Waals surface area contributed by atoms with Crippen LogP contribution >= 0.6 is 0 Å². The van der Waals surface area contributed by atoms with Crippen LogP contribution in [0.15, 0.2) is 30.3 Å². The molecule has 0 aliphatic heterocycles. The van der Waals surface area contributed by atoms with E-state index in [0.717, 1.165) is 5.56 Å². The zero-order chi connectivity index (χ0) is 11.1. The molecule has 2 nitrogen and oxygen atoms in total. The molecule has 0 fully saturated rings. The van der Waals surface area contributed by atoms with Crippen molar-refractivity contribution in [1.82, 2.24) is 4.90 Å². The Morgan fingerprint density at radius 1 is 1.40 bits per heavy atom. The molecular formula is C13H11NO. The Morgan fingerprint density at radius 2 is 2.07 bits per heavy atom. The molecule has 1 amide bonds. The summed E-state index contributed by atoms with van der Waals surface area (Å²) in [7, 11) is 1.63. The molecule has 0 saturated carbocycles. The van der Waals surface area contributed by atoms with Gasteiger partial charge in [-0.15, -0.1) is 6.42 Å². The second-order valence-electron chi connectivity index (χ2n) is 2.98. The van der Waals surface area contributed by atoms with Crippen molar-refractivity contribution in [1.29, 1.82) is 0 Å². The summed E-state index contributed by atoms with van der Waals surface area (Å²) in [6.07, 6.45) is 5.08. The van der Waals surface area contributed by atoms with E-state index in [0.29, 0.717) is 0 Å². The molecule has 0 aliphatic rings. The third kappa shape index (κ3) is 3.58. The number of carbonyl (C=O) groups is 1. The van der Waals surface area contributed by atoms with Crippen LogP contribution in [0.3, 0.4) is 0 Å². The van der Waals surface area contributed by atoms with E-state index in [4.69, 9.17) is 6.42 Å². The number of benzene rings is 1. The lowest BCUT2D eigenvalue weighted by Gasteiger charge is -2.07. The fraction of sp³-hybridized carbons (Fsp3) is 0.154. The molecule has 0 radical (unpaired) electrons. The van der Waals surface area contributed by atoms with E-state index >= 15 is 0 Å². The minimum atomic E-state index is -0.267. The van der Waals surface area contributed by atoms with Gasteiger partial charge in [0.1, 0.15) is 0 Å². The molecule has 1 aromatic carbocycles. The van der Waals surface area contributed by atoms with Gasteiger partial charge >= 0.3 is 0 Å². The normalized spacial score (nSPS) is 8.27. The third-order valence-electron chi connectivity index (χ3n) is 1.76. The highest BCUT2D eigenvalue weighted by molar-refractivity contribution is 5.94. The Labute approximate surface area is 89.9 Å². The lowest BCUT2D eigenvalue weighted by atomic mass is 10.2. The first-order chi connectivity index (χ1) is 7.24. The van der Waals surface area contributed by atoms with Crippen LogP contribution in [-0.2, 0) is 4.79 Å². The van der Waals surface area contributed by atoms with Crippen molar-refractivity contribution in [2.24, 2.45) is 0 Å². The zero-order valence-electron chi connectivity index (χ0n) is 8.53. The second-order valence-corrected chi connectivity index (χ2v) is 2.98. The summed E-state index contributed by atoms with van der Waals surface area (Å²) in [4.78, 5) is 12.8. The Balaban J connectivity index is 2.67. The highest BCUT2D eigenvalue weighted by Crippen LogP contribution is 1.94. The van der Waals surface area contributed by atoms with E-state index in [1.807, 2.05) is 30.3 Å². The summed E-state index contributed by atoms with van der Waals surface area (Å²) in [5, 5.41) is 0. The molecule has 0 aromatic heterocycles. The number of rotatable bonds is 1. The van der Waals surface area contributed by atoms with Gasteiger partial charge in [-0.05, 0) is 12.1 Å². The van der Waals surface area contributed by atoms with Crippen LogP contribution in [0.25, 0.3) is 0 Å². The van der Waals surface area contributed by atoms with Gasteiger partial charge in [0, 0.05) is 18.5 Å². The fourth-order valence-electron chi connectivity index (χ4n) is 0.951. The molecule has 0 unspecified atom stereocenters.